The Labute approximate surface area is 126 Å². The van der Waals surface area contributed by atoms with Crippen LogP contribution in [-0.2, 0) is 0 Å². The van der Waals surface area contributed by atoms with Crippen molar-refractivity contribution < 1.29 is 4.79 Å². The molecule has 2 rings (SSSR count). The zero-order chi connectivity index (χ0) is 14.8. The summed E-state index contributed by atoms with van der Waals surface area (Å²) in [7, 11) is 0. The Morgan fingerprint density at radius 1 is 1.45 bits per heavy atom. The van der Waals surface area contributed by atoms with Gasteiger partial charge in [-0.15, -0.1) is 0 Å². The molecule has 0 aromatic heterocycles. The number of benzene rings is 1. The zero-order valence-electron chi connectivity index (χ0n) is 12.4. The highest BCUT2D eigenvalue weighted by molar-refractivity contribution is 6.31. The second-order valence-corrected chi connectivity index (χ2v) is 6.65. The van der Waals surface area contributed by atoms with Crippen LogP contribution >= 0.6 is 11.6 Å². The fourth-order valence-corrected chi connectivity index (χ4v) is 2.53. The number of hydrogen-bond acceptors (Lipinski definition) is 2. The summed E-state index contributed by atoms with van der Waals surface area (Å²) in [6, 6.07) is 5.40. The normalized spacial score (nSPS) is 19.5. The monoisotopic (exact) mass is 294 g/mol. The van der Waals surface area contributed by atoms with Gasteiger partial charge in [0.1, 0.15) is 0 Å². The molecule has 1 unspecified atom stereocenters. The van der Waals surface area contributed by atoms with Crippen LogP contribution in [0.5, 0.6) is 0 Å². The predicted octanol–water partition coefficient (Wildman–Crippen LogP) is 3.94. The Morgan fingerprint density at radius 2 is 2.15 bits per heavy atom. The van der Waals surface area contributed by atoms with Gasteiger partial charge in [0, 0.05) is 23.8 Å². The number of carbonyl (C=O) groups excluding carboxylic acids is 1. The summed E-state index contributed by atoms with van der Waals surface area (Å²) in [4.78, 5) is 12.3. The number of rotatable bonds is 6. The Balaban J connectivity index is 2.02. The van der Waals surface area contributed by atoms with Crippen molar-refractivity contribution in [1.82, 2.24) is 5.32 Å². The van der Waals surface area contributed by atoms with Crippen molar-refractivity contribution in [3.05, 3.63) is 28.8 Å². The van der Waals surface area contributed by atoms with Crippen LogP contribution in [0.1, 0.15) is 44.0 Å². The summed E-state index contributed by atoms with van der Waals surface area (Å²) in [5, 5.41) is 6.88. The smallest absolute Gasteiger partial charge is 0.253 e. The van der Waals surface area contributed by atoms with E-state index in [1.54, 1.807) is 12.1 Å². The molecule has 20 heavy (non-hydrogen) atoms. The molecule has 1 aromatic rings. The minimum atomic E-state index is -0.0474. The van der Waals surface area contributed by atoms with Gasteiger partial charge in [-0.25, -0.2) is 0 Å². The quantitative estimate of drug-likeness (QED) is 0.834. The van der Waals surface area contributed by atoms with Crippen LogP contribution < -0.4 is 10.6 Å². The molecule has 0 spiro atoms. The van der Waals surface area contributed by atoms with Gasteiger partial charge in [-0.2, -0.15) is 0 Å². The number of halogens is 1. The van der Waals surface area contributed by atoms with Crippen molar-refractivity contribution >= 4 is 23.2 Å². The SMILES string of the molecule is CCCNc1ccc(Cl)cc1C(=O)NCC1CC1(C)C. The van der Waals surface area contributed by atoms with Crippen LogP contribution in [-0.4, -0.2) is 19.0 Å². The summed E-state index contributed by atoms with van der Waals surface area (Å²) in [6.07, 6.45) is 2.20. The lowest BCUT2D eigenvalue weighted by Crippen LogP contribution is -2.27. The van der Waals surface area contributed by atoms with Crippen molar-refractivity contribution in [3.63, 3.8) is 0 Å². The molecule has 0 radical (unpaired) electrons. The molecule has 0 bridgehead atoms. The lowest BCUT2D eigenvalue weighted by molar-refractivity contribution is 0.0951. The van der Waals surface area contributed by atoms with Gasteiger partial charge in [0.2, 0.25) is 0 Å². The zero-order valence-corrected chi connectivity index (χ0v) is 13.2. The van der Waals surface area contributed by atoms with E-state index in [2.05, 4.69) is 31.4 Å². The number of hydrogen-bond donors (Lipinski definition) is 2. The fourth-order valence-electron chi connectivity index (χ4n) is 2.35. The summed E-state index contributed by atoms with van der Waals surface area (Å²) in [5.74, 6) is 0.548. The maximum atomic E-state index is 12.3. The van der Waals surface area contributed by atoms with E-state index in [1.807, 2.05) is 6.07 Å². The molecule has 1 saturated carbocycles. The molecule has 110 valence electrons. The van der Waals surface area contributed by atoms with Crippen molar-refractivity contribution in [2.75, 3.05) is 18.4 Å². The highest BCUT2D eigenvalue weighted by Crippen LogP contribution is 2.51. The minimum Gasteiger partial charge on any atom is -0.384 e. The molecule has 0 heterocycles. The van der Waals surface area contributed by atoms with Gasteiger partial charge >= 0.3 is 0 Å². The molecule has 2 N–H and O–H groups in total. The lowest BCUT2D eigenvalue weighted by Gasteiger charge is -2.12. The molecule has 1 atom stereocenters. The first-order valence-corrected chi connectivity index (χ1v) is 7.63. The maximum Gasteiger partial charge on any atom is 0.253 e. The van der Waals surface area contributed by atoms with Crippen molar-refractivity contribution in [1.29, 1.82) is 0 Å². The van der Waals surface area contributed by atoms with Crippen molar-refractivity contribution in [2.24, 2.45) is 11.3 Å². The molecule has 0 saturated heterocycles. The largest absolute Gasteiger partial charge is 0.384 e. The number of anilines is 1. The minimum absolute atomic E-state index is 0.0474. The topological polar surface area (TPSA) is 41.1 Å². The Bertz CT molecular complexity index is 499. The Hall–Kier alpha value is -1.22. The average molecular weight is 295 g/mol. The highest BCUT2D eigenvalue weighted by atomic mass is 35.5. The molecular weight excluding hydrogens is 272 g/mol. The van der Waals surface area contributed by atoms with Crippen molar-refractivity contribution in [3.8, 4) is 0 Å². The first-order valence-electron chi connectivity index (χ1n) is 7.25. The van der Waals surface area contributed by atoms with Crippen LogP contribution in [0.15, 0.2) is 18.2 Å². The number of amides is 1. The van der Waals surface area contributed by atoms with Gasteiger partial charge in [-0.3, -0.25) is 4.79 Å². The average Bonchev–Trinajstić information content (AvgIpc) is 3.02. The van der Waals surface area contributed by atoms with Crippen LogP contribution in [0.4, 0.5) is 5.69 Å². The van der Waals surface area contributed by atoms with Crippen LogP contribution in [0, 0.1) is 11.3 Å². The van der Waals surface area contributed by atoms with E-state index in [4.69, 9.17) is 11.6 Å². The lowest BCUT2D eigenvalue weighted by atomic mass is 10.1. The van der Waals surface area contributed by atoms with E-state index in [9.17, 15) is 4.79 Å². The Kier molecular flexibility index (Phi) is 4.59. The van der Waals surface area contributed by atoms with Gasteiger partial charge in [-0.1, -0.05) is 32.4 Å². The molecule has 1 aromatic carbocycles. The molecule has 1 aliphatic carbocycles. The first-order chi connectivity index (χ1) is 9.44. The van der Waals surface area contributed by atoms with Gasteiger partial charge < -0.3 is 10.6 Å². The Morgan fingerprint density at radius 3 is 2.75 bits per heavy atom. The van der Waals surface area contributed by atoms with Crippen LogP contribution in [0.3, 0.4) is 0 Å². The molecule has 1 aliphatic rings. The van der Waals surface area contributed by atoms with E-state index in [0.29, 0.717) is 21.9 Å². The fraction of sp³-hybridized carbons (Fsp3) is 0.562. The molecule has 1 fully saturated rings. The molecule has 4 heteroatoms. The highest BCUT2D eigenvalue weighted by Gasteiger charge is 2.45. The third kappa shape index (κ3) is 3.66. The number of nitrogens with one attached hydrogen (secondary N) is 2. The standard InChI is InChI=1S/C16H23ClN2O/c1-4-7-18-14-6-5-12(17)8-13(14)15(20)19-10-11-9-16(11,2)3/h5-6,8,11,18H,4,7,9-10H2,1-3H3,(H,19,20). The van der Waals surface area contributed by atoms with E-state index in [1.165, 1.54) is 6.42 Å². The molecule has 3 nitrogen and oxygen atoms in total. The van der Waals surface area contributed by atoms with E-state index in [-0.39, 0.29) is 5.91 Å². The van der Waals surface area contributed by atoms with Gasteiger partial charge in [0.05, 0.1) is 5.56 Å². The predicted molar refractivity (Wildman–Crippen MR) is 84.5 cm³/mol. The van der Waals surface area contributed by atoms with E-state index >= 15 is 0 Å². The van der Waals surface area contributed by atoms with Gasteiger partial charge in [0.25, 0.3) is 5.91 Å². The molecule has 1 amide bonds. The second kappa shape index (κ2) is 6.04. The van der Waals surface area contributed by atoms with E-state index in [0.717, 1.165) is 25.2 Å². The van der Waals surface area contributed by atoms with Crippen LogP contribution in [0.25, 0.3) is 0 Å². The summed E-state index contributed by atoms with van der Waals surface area (Å²) in [5.41, 5.74) is 1.86. The van der Waals surface area contributed by atoms with E-state index < -0.39 is 0 Å². The third-order valence-corrected chi connectivity index (χ3v) is 4.25. The van der Waals surface area contributed by atoms with Crippen molar-refractivity contribution in [2.45, 2.75) is 33.6 Å². The van der Waals surface area contributed by atoms with Crippen LogP contribution in [0.2, 0.25) is 5.02 Å². The maximum absolute atomic E-state index is 12.3. The number of carbonyl (C=O) groups is 1. The van der Waals surface area contributed by atoms with Gasteiger partial charge in [0.15, 0.2) is 0 Å². The van der Waals surface area contributed by atoms with Gasteiger partial charge in [-0.05, 0) is 42.4 Å². The second-order valence-electron chi connectivity index (χ2n) is 6.22. The summed E-state index contributed by atoms with van der Waals surface area (Å²) >= 11 is 6.01. The summed E-state index contributed by atoms with van der Waals surface area (Å²) < 4.78 is 0. The third-order valence-electron chi connectivity index (χ3n) is 4.02. The summed E-state index contributed by atoms with van der Waals surface area (Å²) in [6.45, 7) is 8.15. The first kappa shape index (κ1) is 15.2. The molecular formula is C16H23ClN2O. The molecule has 0 aliphatic heterocycles.